The lowest BCUT2D eigenvalue weighted by molar-refractivity contribution is 0.669. The van der Waals surface area contributed by atoms with E-state index in [1.54, 1.807) is 0 Å². The van der Waals surface area contributed by atoms with Crippen molar-refractivity contribution >= 4 is 82.1 Å². The first-order valence-electron chi connectivity index (χ1n) is 22.6. The highest BCUT2D eigenvalue weighted by molar-refractivity contribution is 6.15. The number of benzene rings is 12. The van der Waals surface area contributed by atoms with Crippen LogP contribution >= 0.6 is 0 Å². The van der Waals surface area contributed by atoms with Crippen LogP contribution in [0.3, 0.4) is 0 Å². The van der Waals surface area contributed by atoms with Crippen LogP contribution < -0.4 is 4.90 Å². The second-order valence-electron chi connectivity index (χ2n) is 17.2. The topological polar surface area (TPSA) is 16.4 Å². The van der Waals surface area contributed by atoms with E-state index in [1.165, 1.54) is 70.9 Å². The van der Waals surface area contributed by atoms with Gasteiger partial charge in [-0.25, -0.2) is 0 Å². The van der Waals surface area contributed by atoms with Crippen molar-refractivity contribution in [1.29, 1.82) is 0 Å². The van der Waals surface area contributed by atoms with Gasteiger partial charge in [0.15, 0.2) is 0 Å². The Morgan fingerprint density at radius 2 is 0.758 bits per heavy atom. The van der Waals surface area contributed by atoms with Crippen molar-refractivity contribution in [2.75, 3.05) is 4.90 Å². The largest absolute Gasteiger partial charge is 0.456 e. The summed E-state index contributed by atoms with van der Waals surface area (Å²) in [5.74, 6) is 0. The van der Waals surface area contributed by atoms with Gasteiger partial charge in [-0.3, -0.25) is 0 Å². The van der Waals surface area contributed by atoms with Gasteiger partial charge in [0.05, 0.1) is 5.69 Å². The summed E-state index contributed by atoms with van der Waals surface area (Å²) >= 11 is 0. The first-order chi connectivity index (χ1) is 32.7. The highest BCUT2D eigenvalue weighted by Gasteiger charge is 2.19. The summed E-state index contributed by atoms with van der Waals surface area (Å²) in [5, 5.41) is 12.1. The molecule has 0 bridgehead atoms. The van der Waals surface area contributed by atoms with Crippen LogP contribution in [0.5, 0.6) is 0 Å². The highest BCUT2D eigenvalue weighted by atomic mass is 16.3. The molecule has 0 radical (unpaired) electrons. The molecule has 0 saturated heterocycles. The standard InChI is InChI=1S/C64H41NO/c1-2-13-48-39-49(26-23-42(48)11-1)43-21-24-47(25-22-43)64-55-16-6-3-12-45(55)31-37-56(64)46-29-35-53(36-30-46)65(61-40-51-14-4-5-15-54(51)57-17-7-8-18-58(57)61)52-33-27-44(28-34-52)50-32-38-60-59-19-9-10-20-62(59)66-63(60)41-50/h1-41H. The molecule has 13 aromatic rings. The average Bonchev–Trinajstić information content (AvgIpc) is 3.77. The number of hydrogen-bond donors (Lipinski definition) is 0. The van der Waals surface area contributed by atoms with Gasteiger partial charge in [-0.1, -0.05) is 194 Å². The Hall–Kier alpha value is -8.72. The lowest BCUT2D eigenvalue weighted by atomic mass is 9.89. The Labute approximate surface area is 382 Å². The van der Waals surface area contributed by atoms with E-state index in [1.807, 2.05) is 12.1 Å². The Kier molecular flexibility index (Phi) is 8.89. The van der Waals surface area contributed by atoms with Crippen LogP contribution in [0, 0.1) is 0 Å². The Morgan fingerprint density at radius 1 is 0.258 bits per heavy atom. The predicted octanol–water partition coefficient (Wildman–Crippen LogP) is 18.3. The van der Waals surface area contributed by atoms with Gasteiger partial charge >= 0.3 is 0 Å². The van der Waals surface area contributed by atoms with Crippen molar-refractivity contribution in [3.8, 4) is 44.5 Å². The lowest BCUT2D eigenvalue weighted by Crippen LogP contribution is -2.10. The summed E-state index contributed by atoms with van der Waals surface area (Å²) in [6.45, 7) is 0. The first kappa shape index (κ1) is 37.8. The molecular formula is C64H41NO. The summed E-state index contributed by atoms with van der Waals surface area (Å²) < 4.78 is 6.29. The third kappa shape index (κ3) is 6.42. The summed E-state index contributed by atoms with van der Waals surface area (Å²) in [5.41, 5.74) is 14.6. The summed E-state index contributed by atoms with van der Waals surface area (Å²) in [7, 11) is 0. The monoisotopic (exact) mass is 839 g/mol. The van der Waals surface area contributed by atoms with Crippen LogP contribution in [-0.4, -0.2) is 0 Å². The molecule has 0 amide bonds. The van der Waals surface area contributed by atoms with E-state index in [0.29, 0.717) is 0 Å². The van der Waals surface area contributed by atoms with Crippen molar-refractivity contribution < 1.29 is 4.42 Å². The van der Waals surface area contributed by atoms with Gasteiger partial charge in [0.1, 0.15) is 11.2 Å². The van der Waals surface area contributed by atoms with Crippen molar-refractivity contribution in [2.45, 2.75) is 0 Å². The minimum absolute atomic E-state index is 0.898. The van der Waals surface area contributed by atoms with Crippen LogP contribution in [0.2, 0.25) is 0 Å². The molecule has 66 heavy (non-hydrogen) atoms. The van der Waals surface area contributed by atoms with Crippen LogP contribution in [0.15, 0.2) is 253 Å². The van der Waals surface area contributed by atoms with Gasteiger partial charge in [0.25, 0.3) is 0 Å². The molecule has 0 saturated carbocycles. The molecule has 0 spiro atoms. The molecule has 12 aromatic carbocycles. The fraction of sp³-hybridized carbons (Fsp3) is 0. The fourth-order valence-corrected chi connectivity index (χ4v) is 10.2. The van der Waals surface area contributed by atoms with Gasteiger partial charge in [-0.2, -0.15) is 0 Å². The average molecular weight is 840 g/mol. The number of nitrogens with zero attached hydrogens (tertiary/aromatic N) is 1. The van der Waals surface area contributed by atoms with Crippen molar-refractivity contribution in [2.24, 2.45) is 0 Å². The van der Waals surface area contributed by atoms with E-state index in [2.05, 4.69) is 241 Å². The molecular weight excluding hydrogens is 799 g/mol. The number of fused-ring (bicyclic) bond motifs is 8. The van der Waals surface area contributed by atoms with Crippen LogP contribution in [-0.2, 0) is 0 Å². The second-order valence-corrected chi connectivity index (χ2v) is 17.2. The molecule has 308 valence electrons. The third-order valence-corrected chi connectivity index (χ3v) is 13.4. The lowest BCUT2D eigenvalue weighted by Gasteiger charge is -2.28. The molecule has 0 unspecified atom stereocenters. The van der Waals surface area contributed by atoms with Gasteiger partial charge in [0.2, 0.25) is 0 Å². The van der Waals surface area contributed by atoms with Crippen LogP contribution in [0.25, 0.3) is 110 Å². The van der Waals surface area contributed by atoms with E-state index in [0.717, 1.165) is 55.7 Å². The minimum Gasteiger partial charge on any atom is -0.456 e. The zero-order chi connectivity index (χ0) is 43.6. The van der Waals surface area contributed by atoms with Crippen molar-refractivity contribution in [3.63, 3.8) is 0 Å². The van der Waals surface area contributed by atoms with Crippen LogP contribution in [0.4, 0.5) is 17.1 Å². The van der Waals surface area contributed by atoms with Gasteiger partial charge < -0.3 is 9.32 Å². The molecule has 0 aliphatic rings. The van der Waals surface area contributed by atoms with Gasteiger partial charge in [0, 0.05) is 27.5 Å². The fourth-order valence-electron chi connectivity index (χ4n) is 10.2. The molecule has 0 N–H and O–H groups in total. The maximum Gasteiger partial charge on any atom is 0.136 e. The van der Waals surface area contributed by atoms with Crippen molar-refractivity contribution in [1.82, 2.24) is 0 Å². The summed E-state index contributed by atoms with van der Waals surface area (Å²) in [6, 6.07) is 90.4. The maximum atomic E-state index is 6.29. The molecule has 1 heterocycles. The maximum absolute atomic E-state index is 6.29. The van der Waals surface area contributed by atoms with E-state index < -0.39 is 0 Å². The Bertz CT molecular complexity index is 3970. The zero-order valence-electron chi connectivity index (χ0n) is 36.0. The number of furan rings is 1. The molecule has 13 rings (SSSR count). The number of rotatable bonds is 7. The molecule has 0 fully saturated rings. The number of anilines is 3. The van der Waals surface area contributed by atoms with Gasteiger partial charge in [-0.05, 0) is 137 Å². The van der Waals surface area contributed by atoms with E-state index >= 15 is 0 Å². The summed E-state index contributed by atoms with van der Waals surface area (Å²) in [4.78, 5) is 2.41. The molecule has 2 heteroatoms. The minimum atomic E-state index is 0.898. The predicted molar refractivity (Wildman–Crippen MR) is 280 cm³/mol. The molecule has 2 nitrogen and oxygen atoms in total. The highest BCUT2D eigenvalue weighted by Crippen LogP contribution is 2.45. The number of para-hydroxylation sites is 1. The van der Waals surface area contributed by atoms with E-state index in [9.17, 15) is 0 Å². The zero-order valence-corrected chi connectivity index (χ0v) is 36.0. The second kappa shape index (κ2) is 15.5. The quantitative estimate of drug-likeness (QED) is 0.149. The Morgan fingerprint density at radius 3 is 1.52 bits per heavy atom. The van der Waals surface area contributed by atoms with Gasteiger partial charge in [-0.15, -0.1) is 0 Å². The number of hydrogen-bond acceptors (Lipinski definition) is 2. The van der Waals surface area contributed by atoms with Crippen molar-refractivity contribution in [3.05, 3.63) is 249 Å². The molecule has 0 aliphatic heterocycles. The van der Waals surface area contributed by atoms with E-state index in [4.69, 9.17) is 4.42 Å². The molecule has 0 aliphatic carbocycles. The third-order valence-electron chi connectivity index (χ3n) is 13.4. The molecule has 0 atom stereocenters. The SMILES string of the molecule is c1ccc2cc(-c3ccc(-c4c(-c5ccc(N(c6ccc(-c7ccc8c(c7)oc7ccccc78)cc6)c6cc7ccccc7c7ccccc67)cc5)ccc5ccccc45)cc3)ccc2c1. The smallest absolute Gasteiger partial charge is 0.136 e. The van der Waals surface area contributed by atoms with E-state index in [-0.39, 0.29) is 0 Å². The van der Waals surface area contributed by atoms with Crippen LogP contribution in [0.1, 0.15) is 0 Å². The Balaban J connectivity index is 0.919. The first-order valence-corrected chi connectivity index (χ1v) is 22.6. The molecule has 1 aromatic heterocycles. The normalized spacial score (nSPS) is 11.6. The summed E-state index contributed by atoms with van der Waals surface area (Å²) in [6.07, 6.45) is 0.